The molecule has 1 atom stereocenters. The maximum absolute atomic E-state index is 11.7. The van der Waals surface area contributed by atoms with Gasteiger partial charge in [0, 0.05) is 34.8 Å². The molecule has 3 aromatic rings. The predicted octanol–water partition coefficient (Wildman–Crippen LogP) is 4.43. The van der Waals surface area contributed by atoms with Gasteiger partial charge in [-0.2, -0.15) is 0 Å². The number of rotatable bonds is 5. The van der Waals surface area contributed by atoms with Gasteiger partial charge in [0.2, 0.25) is 0 Å². The zero-order valence-electron chi connectivity index (χ0n) is 14.7. The highest BCUT2D eigenvalue weighted by Gasteiger charge is 2.21. The summed E-state index contributed by atoms with van der Waals surface area (Å²) in [5.41, 5.74) is 4.08. The summed E-state index contributed by atoms with van der Waals surface area (Å²) in [4.78, 5) is 11.7. The predicted molar refractivity (Wildman–Crippen MR) is 101 cm³/mol. The molecular formula is C21H21NO3. The molecule has 0 spiro atoms. The average Bonchev–Trinajstić information content (AvgIpc) is 2.93. The maximum Gasteiger partial charge on any atom is 0.346 e. The van der Waals surface area contributed by atoms with Crippen LogP contribution < -0.4 is 4.74 Å². The Labute approximate surface area is 147 Å². The van der Waals surface area contributed by atoms with Crippen LogP contribution in [0.4, 0.5) is 0 Å². The van der Waals surface area contributed by atoms with Crippen LogP contribution in [0.1, 0.15) is 12.6 Å². The Balaban J connectivity index is 2.20. The second kappa shape index (κ2) is 6.85. The van der Waals surface area contributed by atoms with Crippen molar-refractivity contribution in [1.29, 1.82) is 0 Å². The van der Waals surface area contributed by atoms with Crippen molar-refractivity contribution in [2.24, 2.45) is 7.05 Å². The number of carbonyl (C=O) groups is 1. The molecule has 4 heteroatoms. The SMILES string of the molecule is C=Cc1c(-c2ccccc2OC(C)C(=O)OC)c2ccccc2n1C. The lowest BCUT2D eigenvalue weighted by Crippen LogP contribution is -2.25. The molecule has 0 aliphatic carbocycles. The first kappa shape index (κ1) is 16.8. The van der Waals surface area contributed by atoms with Gasteiger partial charge >= 0.3 is 5.97 Å². The molecule has 3 rings (SSSR count). The first-order chi connectivity index (χ1) is 12.1. The van der Waals surface area contributed by atoms with E-state index in [2.05, 4.69) is 23.3 Å². The molecule has 25 heavy (non-hydrogen) atoms. The van der Waals surface area contributed by atoms with E-state index in [1.807, 2.05) is 49.5 Å². The van der Waals surface area contributed by atoms with E-state index in [9.17, 15) is 4.79 Å². The summed E-state index contributed by atoms with van der Waals surface area (Å²) in [5, 5.41) is 1.11. The molecule has 1 aromatic heterocycles. The number of nitrogens with zero attached hydrogens (tertiary/aromatic N) is 1. The van der Waals surface area contributed by atoms with Gasteiger partial charge in [0.25, 0.3) is 0 Å². The van der Waals surface area contributed by atoms with E-state index in [4.69, 9.17) is 9.47 Å². The summed E-state index contributed by atoms with van der Waals surface area (Å²) in [6, 6.07) is 15.9. The molecule has 0 amide bonds. The molecule has 0 radical (unpaired) electrons. The molecule has 0 fully saturated rings. The van der Waals surface area contributed by atoms with E-state index in [-0.39, 0.29) is 0 Å². The van der Waals surface area contributed by atoms with E-state index in [0.717, 1.165) is 27.7 Å². The third-order valence-corrected chi connectivity index (χ3v) is 4.34. The van der Waals surface area contributed by atoms with Crippen molar-refractivity contribution in [3.05, 3.63) is 60.8 Å². The molecule has 4 nitrogen and oxygen atoms in total. The van der Waals surface area contributed by atoms with Crippen molar-refractivity contribution in [3.8, 4) is 16.9 Å². The lowest BCUT2D eigenvalue weighted by molar-refractivity contribution is -0.147. The second-order valence-electron chi connectivity index (χ2n) is 5.82. The fourth-order valence-electron chi connectivity index (χ4n) is 3.12. The van der Waals surface area contributed by atoms with Gasteiger partial charge < -0.3 is 14.0 Å². The number of aromatic nitrogens is 1. The van der Waals surface area contributed by atoms with E-state index >= 15 is 0 Å². The van der Waals surface area contributed by atoms with Gasteiger partial charge in [-0.15, -0.1) is 0 Å². The maximum atomic E-state index is 11.7. The molecule has 1 unspecified atom stereocenters. The van der Waals surface area contributed by atoms with Crippen LogP contribution in [0.5, 0.6) is 5.75 Å². The van der Waals surface area contributed by atoms with Crippen molar-refractivity contribution in [2.45, 2.75) is 13.0 Å². The minimum Gasteiger partial charge on any atom is -0.478 e. The zero-order chi connectivity index (χ0) is 18.0. The lowest BCUT2D eigenvalue weighted by Gasteiger charge is -2.16. The van der Waals surface area contributed by atoms with Crippen molar-refractivity contribution >= 4 is 22.9 Å². The summed E-state index contributed by atoms with van der Waals surface area (Å²) >= 11 is 0. The van der Waals surface area contributed by atoms with Crippen molar-refractivity contribution < 1.29 is 14.3 Å². The highest BCUT2D eigenvalue weighted by Crippen LogP contribution is 2.40. The van der Waals surface area contributed by atoms with Gasteiger partial charge in [-0.25, -0.2) is 4.79 Å². The summed E-state index contributed by atoms with van der Waals surface area (Å²) < 4.78 is 12.8. The van der Waals surface area contributed by atoms with Crippen molar-refractivity contribution in [2.75, 3.05) is 7.11 Å². The highest BCUT2D eigenvalue weighted by atomic mass is 16.6. The monoisotopic (exact) mass is 335 g/mol. The number of hydrogen-bond donors (Lipinski definition) is 0. The number of para-hydroxylation sites is 2. The van der Waals surface area contributed by atoms with Gasteiger partial charge in [-0.3, -0.25) is 0 Å². The highest BCUT2D eigenvalue weighted by molar-refractivity contribution is 6.02. The quantitative estimate of drug-likeness (QED) is 0.648. The van der Waals surface area contributed by atoms with Gasteiger partial charge in [-0.05, 0) is 25.1 Å². The van der Waals surface area contributed by atoms with Crippen molar-refractivity contribution in [3.63, 3.8) is 0 Å². The number of esters is 1. The molecule has 0 bridgehead atoms. The second-order valence-corrected chi connectivity index (χ2v) is 5.82. The average molecular weight is 335 g/mol. The van der Waals surface area contributed by atoms with Crippen LogP contribution in [0.25, 0.3) is 28.1 Å². The third kappa shape index (κ3) is 2.91. The number of aryl methyl sites for hydroxylation is 1. The fraction of sp³-hybridized carbons (Fsp3) is 0.190. The Kier molecular flexibility index (Phi) is 4.61. The van der Waals surface area contributed by atoms with Crippen molar-refractivity contribution in [1.82, 2.24) is 4.57 Å². The van der Waals surface area contributed by atoms with Crippen LogP contribution in [0.3, 0.4) is 0 Å². The molecule has 0 aliphatic rings. The van der Waals surface area contributed by atoms with Crippen LogP contribution in [-0.2, 0) is 16.6 Å². The standard InChI is InChI=1S/C21H21NO3/c1-5-17-20(15-10-6-8-12-18(15)22(17)3)16-11-7-9-13-19(16)25-14(2)21(23)24-4/h5-14H,1H2,2-4H3. The van der Waals surface area contributed by atoms with Crippen LogP contribution >= 0.6 is 0 Å². The normalized spacial score (nSPS) is 12.0. The van der Waals surface area contributed by atoms with Crippen LogP contribution in [0.2, 0.25) is 0 Å². The minimum atomic E-state index is -0.687. The molecule has 1 heterocycles. The van der Waals surface area contributed by atoms with Gasteiger partial charge in [0.05, 0.1) is 7.11 Å². The molecule has 128 valence electrons. The smallest absolute Gasteiger partial charge is 0.346 e. The Bertz CT molecular complexity index is 939. The molecule has 0 saturated heterocycles. The number of carbonyl (C=O) groups excluding carboxylic acids is 1. The van der Waals surface area contributed by atoms with Gasteiger partial charge in [0.1, 0.15) is 5.75 Å². The molecule has 0 N–H and O–H groups in total. The Hall–Kier alpha value is -3.01. The Morgan fingerprint density at radius 3 is 2.56 bits per heavy atom. The third-order valence-electron chi connectivity index (χ3n) is 4.34. The largest absolute Gasteiger partial charge is 0.478 e. The molecule has 2 aromatic carbocycles. The Morgan fingerprint density at radius 1 is 1.16 bits per heavy atom. The number of fused-ring (bicyclic) bond motifs is 1. The van der Waals surface area contributed by atoms with Gasteiger partial charge in [-0.1, -0.05) is 43.0 Å². The van der Waals surface area contributed by atoms with Crippen LogP contribution in [0.15, 0.2) is 55.1 Å². The van der Waals surface area contributed by atoms with E-state index in [0.29, 0.717) is 5.75 Å². The van der Waals surface area contributed by atoms with Crippen LogP contribution in [-0.4, -0.2) is 23.8 Å². The van der Waals surface area contributed by atoms with Gasteiger partial charge in [0.15, 0.2) is 6.10 Å². The summed E-state index contributed by atoms with van der Waals surface area (Å²) in [5.74, 6) is 0.233. The first-order valence-electron chi connectivity index (χ1n) is 8.12. The number of methoxy groups -OCH3 is 1. The number of hydrogen-bond acceptors (Lipinski definition) is 3. The van der Waals surface area contributed by atoms with E-state index < -0.39 is 12.1 Å². The molecular weight excluding hydrogens is 314 g/mol. The van der Waals surface area contributed by atoms with Crippen LogP contribution in [0, 0.1) is 0 Å². The van der Waals surface area contributed by atoms with E-state index in [1.54, 1.807) is 6.92 Å². The molecule has 0 aliphatic heterocycles. The first-order valence-corrected chi connectivity index (χ1v) is 8.12. The summed E-state index contributed by atoms with van der Waals surface area (Å²) in [7, 11) is 3.37. The van der Waals surface area contributed by atoms with E-state index in [1.165, 1.54) is 7.11 Å². The molecule has 0 saturated carbocycles. The lowest BCUT2D eigenvalue weighted by atomic mass is 10.0. The topological polar surface area (TPSA) is 40.5 Å². The minimum absolute atomic E-state index is 0.406. The summed E-state index contributed by atoms with van der Waals surface area (Å²) in [6.45, 7) is 5.65. The number of benzene rings is 2. The number of ether oxygens (including phenoxy) is 2. The Morgan fingerprint density at radius 2 is 1.84 bits per heavy atom. The summed E-state index contributed by atoms with van der Waals surface area (Å²) in [6.07, 6.45) is 1.16. The fourth-order valence-corrected chi connectivity index (χ4v) is 3.12. The zero-order valence-corrected chi connectivity index (χ0v) is 14.7.